The highest BCUT2D eigenvalue weighted by atomic mass is 19.1. The van der Waals surface area contributed by atoms with Gasteiger partial charge in [-0.2, -0.15) is 5.10 Å². The van der Waals surface area contributed by atoms with Crippen LogP contribution in [0.4, 0.5) is 4.39 Å². The number of aromatic nitrogens is 2. The van der Waals surface area contributed by atoms with E-state index in [4.69, 9.17) is 0 Å². The molecule has 2 aromatic rings. The van der Waals surface area contributed by atoms with Crippen LogP contribution in [0.25, 0.3) is 0 Å². The Labute approximate surface area is 143 Å². The molecule has 6 heteroatoms. The molecule has 2 N–H and O–H groups in total. The number of rotatable bonds is 7. The van der Waals surface area contributed by atoms with E-state index in [-0.39, 0.29) is 11.2 Å². The van der Waals surface area contributed by atoms with E-state index in [2.05, 4.69) is 34.6 Å². The smallest absolute Gasteiger partial charge is 0.191 e. The van der Waals surface area contributed by atoms with Crippen LogP contribution in [0, 0.1) is 5.82 Å². The van der Waals surface area contributed by atoms with Crippen molar-refractivity contribution in [3.05, 3.63) is 54.1 Å². The van der Waals surface area contributed by atoms with E-state index in [1.807, 2.05) is 29.9 Å². The van der Waals surface area contributed by atoms with Gasteiger partial charge in [-0.05, 0) is 30.7 Å². The number of hydrogen-bond donors (Lipinski definition) is 2. The molecule has 0 amide bonds. The second-order valence-corrected chi connectivity index (χ2v) is 6.29. The molecule has 0 aliphatic heterocycles. The molecule has 0 atom stereocenters. The highest BCUT2D eigenvalue weighted by Gasteiger charge is 2.21. The van der Waals surface area contributed by atoms with Crippen LogP contribution in [-0.4, -0.2) is 35.4 Å². The average Bonchev–Trinajstić information content (AvgIpc) is 3.06. The number of halogens is 1. The summed E-state index contributed by atoms with van der Waals surface area (Å²) in [5.74, 6) is 0.544. The van der Waals surface area contributed by atoms with Crippen LogP contribution in [0.3, 0.4) is 0 Å². The van der Waals surface area contributed by atoms with Crippen LogP contribution < -0.4 is 10.6 Å². The average molecular weight is 331 g/mol. The minimum absolute atomic E-state index is 0.214. The largest absolute Gasteiger partial charge is 0.357 e. The number of aliphatic imine (C=N–C) groups is 1. The normalized spacial score (nSPS) is 12.2. The van der Waals surface area contributed by atoms with E-state index < -0.39 is 0 Å². The molecule has 2 rings (SSSR count). The fourth-order valence-electron chi connectivity index (χ4n) is 2.34. The molecule has 0 spiro atoms. The quantitative estimate of drug-likeness (QED) is 0.606. The number of benzene rings is 1. The van der Waals surface area contributed by atoms with E-state index in [1.165, 1.54) is 6.07 Å². The van der Waals surface area contributed by atoms with Crippen LogP contribution in [0.1, 0.15) is 26.3 Å². The minimum atomic E-state index is -0.244. The van der Waals surface area contributed by atoms with E-state index in [1.54, 1.807) is 18.3 Å². The predicted molar refractivity (Wildman–Crippen MR) is 95.6 cm³/mol. The highest BCUT2D eigenvalue weighted by Crippen LogP contribution is 2.24. The maximum Gasteiger partial charge on any atom is 0.191 e. The maximum absolute atomic E-state index is 13.4. The van der Waals surface area contributed by atoms with E-state index in [0.29, 0.717) is 6.54 Å². The van der Waals surface area contributed by atoms with E-state index >= 15 is 0 Å². The molecule has 0 fully saturated rings. The molecule has 5 nitrogen and oxygen atoms in total. The summed E-state index contributed by atoms with van der Waals surface area (Å²) in [5, 5.41) is 10.7. The number of guanidine groups is 1. The summed E-state index contributed by atoms with van der Waals surface area (Å²) in [6.07, 6.45) is 3.69. The van der Waals surface area contributed by atoms with Gasteiger partial charge in [-0.1, -0.05) is 26.0 Å². The third kappa shape index (κ3) is 5.37. The van der Waals surface area contributed by atoms with Crippen molar-refractivity contribution in [3.8, 4) is 0 Å². The zero-order valence-corrected chi connectivity index (χ0v) is 14.6. The van der Waals surface area contributed by atoms with Crippen molar-refractivity contribution in [1.82, 2.24) is 20.4 Å². The van der Waals surface area contributed by atoms with Crippen LogP contribution in [0.2, 0.25) is 0 Å². The summed E-state index contributed by atoms with van der Waals surface area (Å²) in [6.45, 7) is 9.01. The lowest BCUT2D eigenvalue weighted by molar-refractivity contribution is 0.528. The van der Waals surface area contributed by atoms with Gasteiger partial charge < -0.3 is 10.6 Å². The molecule has 1 aromatic heterocycles. The summed E-state index contributed by atoms with van der Waals surface area (Å²) in [5.41, 5.74) is 0.700. The molecular formula is C18H26FN5. The van der Waals surface area contributed by atoms with Crippen molar-refractivity contribution in [2.45, 2.75) is 32.7 Å². The Hall–Kier alpha value is -2.37. The Morgan fingerprint density at radius 1 is 1.29 bits per heavy atom. The number of nitrogens with zero attached hydrogens (tertiary/aromatic N) is 3. The molecule has 0 bridgehead atoms. The fraction of sp³-hybridized carbons (Fsp3) is 0.444. The zero-order valence-electron chi connectivity index (χ0n) is 14.6. The minimum Gasteiger partial charge on any atom is -0.357 e. The first-order valence-electron chi connectivity index (χ1n) is 8.27. The molecule has 0 saturated heterocycles. The van der Waals surface area contributed by atoms with Gasteiger partial charge in [0, 0.05) is 30.9 Å². The Balaban J connectivity index is 1.95. The van der Waals surface area contributed by atoms with E-state index in [9.17, 15) is 4.39 Å². The molecule has 130 valence electrons. The molecule has 0 unspecified atom stereocenters. The number of nitrogens with one attached hydrogen (secondary N) is 2. The Morgan fingerprint density at radius 2 is 2.12 bits per heavy atom. The maximum atomic E-state index is 13.4. The monoisotopic (exact) mass is 331 g/mol. The first kappa shape index (κ1) is 18.0. The van der Waals surface area contributed by atoms with Crippen LogP contribution >= 0.6 is 0 Å². The first-order valence-corrected chi connectivity index (χ1v) is 8.27. The third-order valence-corrected chi connectivity index (χ3v) is 3.78. The molecule has 1 heterocycles. The Bertz CT molecular complexity index is 649. The lowest BCUT2D eigenvalue weighted by atomic mass is 9.85. The van der Waals surface area contributed by atoms with Gasteiger partial charge in [-0.25, -0.2) is 4.39 Å². The Morgan fingerprint density at radius 3 is 2.79 bits per heavy atom. The van der Waals surface area contributed by atoms with Crippen LogP contribution in [0.15, 0.2) is 47.7 Å². The van der Waals surface area contributed by atoms with Crippen LogP contribution in [0.5, 0.6) is 0 Å². The van der Waals surface area contributed by atoms with Crippen LogP contribution in [-0.2, 0) is 12.0 Å². The summed E-state index contributed by atoms with van der Waals surface area (Å²) >= 11 is 0. The van der Waals surface area contributed by atoms with Gasteiger partial charge in [0.2, 0.25) is 0 Å². The molecule has 1 aromatic carbocycles. The third-order valence-electron chi connectivity index (χ3n) is 3.78. The topological polar surface area (TPSA) is 54.2 Å². The summed E-state index contributed by atoms with van der Waals surface area (Å²) in [6, 6.07) is 8.62. The van der Waals surface area contributed by atoms with Gasteiger partial charge in [0.25, 0.3) is 0 Å². The molecule has 0 saturated carbocycles. The van der Waals surface area contributed by atoms with E-state index in [0.717, 1.165) is 31.2 Å². The molecule has 0 aliphatic rings. The van der Waals surface area contributed by atoms with Gasteiger partial charge in [-0.15, -0.1) is 0 Å². The molecule has 0 aliphatic carbocycles. The lowest BCUT2D eigenvalue weighted by Crippen LogP contribution is -2.40. The Kier molecular flexibility index (Phi) is 6.35. The van der Waals surface area contributed by atoms with Crippen molar-refractivity contribution >= 4 is 5.96 Å². The van der Waals surface area contributed by atoms with Crippen molar-refractivity contribution in [3.63, 3.8) is 0 Å². The second-order valence-electron chi connectivity index (χ2n) is 6.29. The highest BCUT2D eigenvalue weighted by molar-refractivity contribution is 5.79. The number of hydrogen-bond acceptors (Lipinski definition) is 2. The molecule has 24 heavy (non-hydrogen) atoms. The SMILES string of the molecule is CCNC(=NCC(C)(C)c1cccc(F)c1)NCCn1cccn1. The molecular weight excluding hydrogens is 305 g/mol. The zero-order chi connectivity index (χ0) is 17.4. The summed E-state index contributed by atoms with van der Waals surface area (Å²) in [7, 11) is 0. The first-order chi connectivity index (χ1) is 11.5. The summed E-state index contributed by atoms with van der Waals surface area (Å²) in [4.78, 5) is 4.65. The predicted octanol–water partition coefficient (Wildman–Crippen LogP) is 2.56. The van der Waals surface area contributed by atoms with Gasteiger partial charge in [-0.3, -0.25) is 9.67 Å². The van der Waals surface area contributed by atoms with Crippen molar-refractivity contribution in [1.29, 1.82) is 0 Å². The molecule has 0 radical (unpaired) electrons. The fourth-order valence-corrected chi connectivity index (χ4v) is 2.34. The van der Waals surface area contributed by atoms with Gasteiger partial charge in [0.05, 0.1) is 13.1 Å². The lowest BCUT2D eigenvalue weighted by Gasteiger charge is -2.24. The van der Waals surface area contributed by atoms with Gasteiger partial charge in [0.1, 0.15) is 5.82 Å². The van der Waals surface area contributed by atoms with Gasteiger partial charge >= 0.3 is 0 Å². The second kappa shape index (κ2) is 8.47. The standard InChI is InChI=1S/C18H26FN5/c1-4-20-17(21-10-12-24-11-6-9-23-24)22-14-18(2,3)15-7-5-8-16(19)13-15/h5-9,11,13H,4,10,12,14H2,1-3H3,(H2,20,21,22). The van der Waals surface area contributed by atoms with Crippen molar-refractivity contribution in [2.24, 2.45) is 4.99 Å². The van der Waals surface area contributed by atoms with Crippen molar-refractivity contribution in [2.75, 3.05) is 19.6 Å². The van der Waals surface area contributed by atoms with Crippen molar-refractivity contribution < 1.29 is 4.39 Å². The van der Waals surface area contributed by atoms with Gasteiger partial charge in [0.15, 0.2) is 5.96 Å². The summed E-state index contributed by atoms with van der Waals surface area (Å²) < 4.78 is 15.3.